The summed E-state index contributed by atoms with van der Waals surface area (Å²) < 4.78 is 0. The Balaban J connectivity index is 3.05. The van der Waals surface area contributed by atoms with Crippen molar-refractivity contribution < 1.29 is 15.0 Å². The van der Waals surface area contributed by atoms with Crippen molar-refractivity contribution in [2.75, 3.05) is 0 Å². The molecule has 82 valence electrons. The van der Waals surface area contributed by atoms with Crippen molar-refractivity contribution in [2.45, 2.75) is 20.8 Å². The topological polar surface area (TPSA) is 57.5 Å². The molecule has 0 amide bonds. The minimum atomic E-state index is -0.169. The van der Waals surface area contributed by atoms with Gasteiger partial charge in [-0.05, 0) is 24.1 Å². The molecule has 1 rings (SSSR count). The first-order valence-electron chi connectivity index (χ1n) is 4.99. The third-order valence-corrected chi connectivity index (χ3v) is 2.66. The number of ketones is 1. The van der Waals surface area contributed by atoms with Gasteiger partial charge in [-0.25, -0.2) is 0 Å². The number of hydrogen-bond donors (Lipinski definition) is 2. The van der Waals surface area contributed by atoms with Crippen LogP contribution in [0.2, 0.25) is 0 Å². The van der Waals surface area contributed by atoms with E-state index in [2.05, 4.69) is 0 Å². The van der Waals surface area contributed by atoms with E-state index in [0.29, 0.717) is 0 Å². The first kappa shape index (κ1) is 11.6. The molecular formula is C12H16O3. The summed E-state index contributed by atoms with van der Waals surface area (Å²) in [7, 11) is 0. The molecule has 1 unspecified atom stereocenters. The minimum Gasteiger partial charge on any atom is -0.508 e. The molecule has 0 saturated heterocycles. The Morgan fingerprint density at radius 1 is 1.20 bits per heavy atom. The van der Waals surface area contributed by atoms with E-state index in [1.165, 1.54) is 18.2 Å². The number of benzene rings is 1. The number of carbonyl (C=O) groups is 1. The van der Waals surface area contributed by atoms with Gasteiger partial charge in [0.2, 0.25) is 0 Å². The molecule has 0 fully saturated rings. The fourth-order valence-corrected chi connectivity index (χ4v) is 1.27. The zero-order valence-electron chi connectivity index (χ0n) is 9.19. The summed E-state index contributed by atoms with van der Waals surface area (Å²) >= 11 is 0. The molecule has 3 heteroatoms. The lowest BCUT2D eigenvalue weighted by molar-refractivity contribution is 0.0896. The molecule has 0 aliphatic heterocycles. The normalized spacial score (nSPS) is 12.8. The van der Waals surface area contributed by atoms with E-state index < -0.39 is 0 Å². The van der Waals surface area contributed by atoms with Gasteiger partial charge in [-0.3, -0.25) is 4.79 Å². The highest BCUT2D eigenvalue weighted by Gasteiger charge is 2.21. The van der Waals surface area contributed by atoms with Gasteiger partial charge in [0, 0.05) is 5.92 Å². The number of hydrogen-bond acceptors (Lipinski definition) is 3. The van der Waals surface area contributed by atoms with Crippen LogP contribution in [0.15, 0.2) is 18.2 Å². The van der Waals surface area contributed by atoms with Crippen LogP contribution in [-0.4, -0.2) is 16.0 Å². The molecule has 0 radical (unpaired) electrons. The van der Waals surface area contributed by atoms with Crippen molar-refractivity contribution in [1.29, 1.82) is 0 Å². The first-order chi connectivity index (χ1) is 6.93. The highest BCUT2D eigenvalue weighted by Crippen LogP contribution is 2.26. The number of phenolic OH excluding ortho intramolecular Hbond substituents is 2. The standard InChI is InChI=1S/C12H16O3/c1-7(2)8(3)12(15)10-6-9(13)4-5-11(10)14/h4-8,13-14H,1-3H3. The Bertz CT molecular complexity index is 369. The van der Waals surface area contributed by atoms with Gasteiger partial charge < -0.3 is 10.2 Å². The molecule has 1 aromatic rings. The van der Waals surface area contributed by atoms with Crippen LogP contribution in [0.4, 0.5) is 0 Å². The monoisotopic (exact) mass is 208 g/mol. The Kier molecular flexibility index (Phi) is 3.35. The van der Waals surface area contributed by atoms with Crippen molar-refractivity contribution in [3.8, 4) is 11.5 Å². The fraction of sp³-hybridized carbons (Fsp3) is 0.417. The number of phenols is 2. The van der Waals surface area contributed by atoms with Crippen LogP contribution in [0.25, 0.3) is 0 Å². The van der Waals surface area contributed by atoms with E-state index in [4.69, 9.17) is 0 Å². The Labute approximate surface area is 89.4 Å². The van der Waals surface area contributed by atoms with Gasteiger partial charge in [0.15, 0.2) is 5.78 Å². The highest BCUT2D eigenvalue weighted by atomic mass is 16.3. The first-order valence-corrected chi connectivity index (χ1v) is 4.99. The fourth-order valence-electron chi connectivity index (χ4n) is 1.27. The van der Waals surface area contributed by atoms with E-state index >= 15 is 0 Å². The van der Waals surface area contributed by atoms with Gasteiger partial charge in [0.1, 0.15) is 11.5 Å². The molecule has 0 aliphatic rings. The summed E-state index contributed by atoms with van der Waals surface area (Å²) in [6.45, 7) is 5.71. The van der Waals surface area contributed by atoms with Crippen molar-refractivity contribution >= 4 is 5.78 Å². The van der Waals surface area contributed by atoms with Crippen LogP contribution in [0.5, 0.6) is 11.5 Å². The number of carbonyl (C=O) groups excluding carboxylic acids is 1. The second-order valence-electron chi connectivity index (χ2n) is 4.10. The summed E-state index contributed by atoms with van der Waals surface area (Å²) in [5.41, 5.74) is 0.191. The molecule has 0 bridgehead atoms. The van der Waals surface area contributed by atoms with E-state index in [0.717, 1.165) is 0 Å². The van der Waals surface area contributed by atoms with E-state index in [1.54, 1.807) is 0 Å². The molecule has 0 heterocycles. The van der Waals surface area contributed by atoms with Gasteiger partial charge in [0.25, 0.3) is 0 Å². The summed E-state index contributed by atoms with van der Waals surface area (Å²) in [4.78, 5) is 11.9. The van der Waals surface area contributed by atoms with Crippen molar-refractivity contribution in [3.05, 3.63) is 23.8 Å². The van der Waals surface area contributed by atoms with Gasteiger partial charge in [-0.2, -0.15) is 0 Å². The number of aromatic hydroxyl groups is 2. The average Bonchev–Trinajstić information content (AvgIpc) is 2.19. The maximum absolute atomic E-state index is 11.9. The predicted molar refractivity (Wildman–Crippen MR) is 58.1 cm³/mol. The van der Waals surface area contributed by atoms with Gasteiger partial charge >= 0.3 is 0 Å². The molecule has 0 spiro atoms. The van der Waals surface area contributed by atoms with Gasteiger partial charge in [-0.15, -0.1) is 0 Å². The second kappa shape index (κ2) is 4.34. The predicted octanol–water partition coefficient (Wildman–Crippen LogP) is 2.57. The molecule has 0 saturated carbocycles. The molecular weight excluding hydrogens is 192 g/mol. The lowest BCUT2D eigenvalue weighted by atomic mass is 9.89. The maximum Gasteiger partial charge on any atom is 0.169 e. The van der Waals surface area contributed by atoms with Crippen LogP contribution in [-0.2, 0) is 0 Å². The van der Waals surface area contributed by atoms with Gasteiger partial charge in [0.05, 0.1) is 5.56 Å². The number of rotatable bonds is 3. The number of Topliss-reactive ketones (excluding diaryl/α,β-unsaturated/α-hetero) is 1. The second-order valence-corrected chi connectivity index (χ2v) is 4.10. The average molecular weight is 208 g/mol. The lowest BCUT2D eigenvalue weighted by Gasteiger charge is -2.14. The molecule has 0 aliphatic carbocycles. The highest BCUT2D eigenvalue weighted by molar-refractivity contribution is 6.00. The molecule has 3 nitrogen and oxygen atoms in total. The largest absolute Gasteiger partial charge is 0.508 e. The summed E-state index contributed by atoms with van der Waals surface area (Å²) in [6.07, 6.45) is 0. The molecule has 15 heavy (non-hydrogen) atoms. The third kappa shape index (κ3) is 2.49. The minimum absolute atomic E-state index is 0.00731. The maximum atomic E-state index is 11.9. The Hall–Kier alpha value is -1.51. The quantitative estimate of drug-likeness (QED) is 0.593. The van der Waals surface area contributed by atoms with Crippen LogP contribution in [0.3, 0.4) is 0 Å². The summed E-state index contributed by atoms with van der Waals surface area (Å²) in [5.74, 6) is -0.187. The lowest BCUT2D eigenvalue weighted by Crippen LogP contribution is -2.17. The summed E-state index contributed by atoms with van der Waals surface area (Å²) in [6, 6.07) is 3.98. The third-order valence-electron chi connectivity index (χ3n) is 2.66. The molecule has 0 aromatic heterocycles. The zero-order valence-corrected chi connectivity index (χ0v) is 9.19. The van der Waals surface area contributed by atoms with E-state index in [1.807, 2.05) is 20.8 Å². The van der Waals surface area contributed by atoms with Crippen LogP contribution >= 0.6 is 0 Å². The Morgan fingerprint density at radius 3 is 2.33 bits per heavy atom. The van der Waals surface area contributed by atoms with Crippen molar-refractivity contribution in [3.63, 3.8) is 0 Å². The SMILES string of the molecule is CC(C)C(C)C(=O)c1cc(O)ccc1O. The summed E-state index contributed by atoms with van der Waals surface area (Å²) in [5, 5.41) is 18.7. The van der Waals surface area contributed by atoms with E-state index in [-0.39, 0.29) is 34.7 Å². The Morgan fingerprint density at radius 2 is 1.80 bits per heavy atom. The zero-order chi connectivity index (χ0) is 11.6. The smallest absolute Gasteiger partial charge is 0.169 e. The molecule has 2 N–H and O–H groups in total. The van der Waals surface area contributed by atoms with Crippen molar-refractivity contribution in [2.24, 2.45) is 11.8 Å². The van der Waals surface area contributed by atoms with Crippen LogP contribution in [0, 0.1) is 11.8 Å². The molecule has 1 atom stereocenters. The van der Waals surface area contributed by atoms with E-state index in [9.17, 15) is 15.0 Å². The van der Waals surface area contributed by atoms with Crippen LogP contribution in [0.1, 0.15) is 31.1 Å². The van der Waals surface area contributed by atoms with Crippen LogP contribution < -0.4 is 0 Å². The van der Waals surface area contributed by atoms with Crippen molar-refractivity contribution in [1.82, 2.24) is 0 Å². The molecule has 1 aromatic carbocycles. The van der Waals surface area contributed by atoms with Gasteiger partial charge in [-0.1, -0.05) is 20.8 Å².